The molecule has 23 heavy (non-hydrogen) atoms. The third-order valence-corrected chi connectivity index (χ3v) is 2.94. The minimum absolute atomic E-state index is 0.0538. The van der Waals surface area contributed by atoms with Crippen LogP contribution in [0.5, 0.6) is 11.5 Å². The van der Waals surface area contributed by atoms with Crippen molar-refractivity contribution in [2.24, 2.45) is 0 Å². The van der Waals surface area contributed by atoms with E-state index in [0.717, 1.165) is 12.1 Å². The standard InChI is InChI=1S/C16H13NO6/c1-2-22-15-6-4-3-5-13(15)16(19)23-14-8-7-12(17(20)21)9-11(14)10-18/h3-10H,2H2,1H3. The number of ether oxygens (including phenoxy) is 2. The molecule has 118 valence electrons. The predicted molar refractivity (Wildman–Crippen MR) is 81.1 cm³/mol. The minimum atomic E-state index is -0.717. The molecule has 0 bridgehead atoms. The van der Waals surface area contributed by atoms with Gasteiger partial charge in [-0.3, -0.25) is 14.9 Å². The molecule has 0 radical (unpaired) electrons. The van der Waals surface area contributed by atoms with Crippen LogP contribution in [0.25, 0.3) is 0 Å². The Bertz CT molecular complexity index is 756. The molecular formula is C16H13NO6. The van der Waals surface area contributed by atoms with Gasteiger partial charge in [-0.1, -0.05) is 12.1 Å². The molecule has 0 aliphatic heterocycles. The molecule has 0 aromatic heterocycles. The number of para-hydroxylation sites is 1. The molecule has 7 heteroatoms. The number of hydrogen-bond acceptors (Lipinski definition) is 6. The molecule has 2 rings (SSSR count). The third kappa shape index (κ3) is 3.70. The summed E-state index contributed by atoms with van der Waals surface area (Å²) in [6.07, 6.45) is 0.393. The summed E-state index contributed by atoms with van der Waals surface area (Å²) in [5.41, 5.74) is -0.146. The molecule has 0 aliphatic rings. The van der Waals surface area contributed by atoms with Crippen LogP contribution in [0.15, 0.2) is 42.5 Å². The van der Waals surface area contributed by atoms with Crippen LogP contribution < -0.4 is 9.47 Å². The van der Waals surface area contributed by atoms with E-state index in [2.05, 4.69) is 0 Å². The van der Waals surface area contributed by atoms with Gasteiger partial charge in [0.25, 0.3) is 5.69 Å². The first kappa shape index (κ1) is 16.2. The molecule has 0 unspecified atom stereocenters. The fraction of sp³-hybridized carbons (Fsp3) is 0.125. The number of non-ortho nitro benzene ring substituents is 1. The second-order valence-electron chi connectivity index (χ2n) is 4.42. The summed E-state index contributed by atoms with van der Waals surface area (Å²) in [6, 6.07) is 9.92. The SMILES string of the molecule is CCOc1ccccc1C(=O)Oc1ccc([N+](=O)[O-])cc1C=O. The number of nitrogens with zero attached hydrogens (tertiary/aromatic N) is 1. The van der Waals surface area contributed by atoms with Gasteiger partial charge < -0.3 is 9.47 Å². The first-order valence-corrected chi connectivity index (χ1v) is 6.74. The van der Waals surface area contributed by atoms with Crippen molar-refractivity contribution in [3.8, 4) is 11.5 Å². The quantitative estimate of drug-likeness (QED) is 0.267. The highest BCUT2D eigenvalue weighted by Gasteiger charge is 2.18. The second-order valence-corrected chi connectivity index (χ2v) is 4.42. The maximum atomic E-state index is 12.2. The highest BCUT2D eigenvalue weighted by molar-refractivity contribution is 5.95. The van der Waals surface area contributed by atoms with Gasteiger partial charge in [0.2, 0.25) is 0 Å². The van der Waals surface area contributed by atoms with Crippen LogP contribution in [0.1, 0.15) is 27.6 Å². The second kappa shape index (κ2) is 7.17. The van der Waals surface area contributed by atoms with Gasteiger partial charge in [-0.15, -0.1) is 0 Å². The fourth-order valence-corrected chi connectivity index (χ4v) is 1.91. The maximum absolute atomic E-state index is 12.2. The summed E-state index contributed by atoms with van der Waals surface area (Å²) in [4.78, 5) is 33.4. The largest absolute Gasteiger partial charge is 0.493 e. The smallest absolute Gasteiger partial charge is 0.347 e. The number of nitro benzene ring substituents is 1. The summed E-state index contributed by atoms with van der Waals surface area (Å²) in [7, 11) is 0. The molecule has 0 atom stereocenters. The number of rotatable bonds is 6. The summed E-state index contributed by atoms with van der Waals surface area (Å²) >= 11 is 0. The van der Waals surface area contributed by atoms with E-state index in [0.29, 0.717) is 18.6 Å². The Morgan fingerprint density at radius 2 is 1.96 bits per heavy atom. The Balaban J connectivity index is 2.30. The highest BCUT2D eigenvalue weighted by Crippen LogP contribution is 2.25. The molecule has 2 aromatic rings. The molecule has 0 aliphatic carbocycles. The normalized spacial score (nSPS) is 9.96. The fourth-order valence-electron chi connectivity index (χ4n) is 1.91. The average Bonchev–Trinajstić information content (AvgIpc) is 2.55. The Morgan fingerprint density at radius 1 is 1.22 bits per heavy atom. The molecule has 7 nitrogen and oxygen atoms in total. The maximum Gasteiger partial charge on any atom is 0.347 e. The van der Waals surface area contributed by atoms with Gasteiger partial charge in [0.15, 0.2) is 6.29 Å². The van der Waals surface area contributed by atoms with E-state index in [1.54, 1.807) is 25.1 Å². The van der Waals surface area contributed by atoms with Crippen LogP contribution in [0.2, 0.25) is 0 Å². The van der Waals surface area contributed by atoms with Crippen molar-refractivity contribution in [2.45, 2.75) is 6.92 Å². The summed E-state index contributed by atoms with van der Waals surface area (Å²) in [5.74, 6) is -0.414. The molecule has 0 N–H and O–H groups in total. The lowest BCUT2D eigenvalue weighted by molar-refractivity contribution is -0.384. The van der Waals surface area contributed by atoms with Crippen LogP contribution in [0, 0.1) is 10.1 Å². The van der Waals surface area contributed by atoms with E-state index in [1.807, 2.05) is 0 Å². The van der Waals surface area contributed by atoms with Crippen molar-refractivity contribution in [3.63, 3.8) is 0 Å². The number of carbonyl (C=O) groups is 2. The predicted octanol–water partition coefficient (Wildman–Crippen LogP) is 3.03. The topological polar surface area (TPSA) is 95.7 Å². The molecule has 2 aromatic carbocycles. The van der Waals surface area contributed by atoms with Gasteiger partial charge in [0.05, 0.1) is 17.1 Å². The number of carbonyl (C=O) groups excluding carboxylic acids is 2. The van der Waals surface area contributed by atoms with Crippen molar-refractivity contribution in [1.82, 2.24) is 0 Å². The average molecular weight is 315 g/mol. The number of esters is 1. The molecule has 0 amide bonds. The van der Waals surface area contributed by atoms with E-state index in [4.69, 9.17) is 9.47 Å². The van der Waals surface area contributed by atoms with E-state index in [1.165, 1.54) is 12.1 Å². The van der Waals surface area contributed by atoms with Gasteiger partial charge in [0, 0.05) is 12.1 Å². The van der Waals surface area contributed by atoms with Gasteiger partial charge in [0.1, 0.15) is 17.1 Å². The van der Waals surface area contributed by atoms with Gasteiger partial charge in [-0.25, -0.2) is 4.79 Å². The Labute approximate surface area is 131 Å². The number of hydrogen-bond donors (Lipinski definition) is 0. The Hall–Kier alpha value is -3.22. The van der Waals surface area contributed by atoms with E-state index < -0.39 is 10.9 Å². The van der Waals surface area contributed by atoms with Gasteiger partial charge in [-0.05, 0) is 25.1 Å². The van der Waals surface area contributed by atoms with E-state index in [-0.39, 0.29) is 22.6 Å². The van der Waals surface area contributed by atoms with Crippen LogP contribution in [0.4, 0.5) is 5.69 Å². The lowest BCUT2D eigenvalue weighted by Gasteiger charge is -2.10. The zero-order valence-corrected chi connectivity index (χ0v) is 12.2. The van der Waals surface area contributed by atoms with Crippen molar-refractivity contribution in [3.05, 3.63) is 63.7 Å². The van der Waals surface area contributed by atoms with Crippen molar-refractivity contribution in [1.29, 1.82) is 0 Å². The van der Waals surface area contributed by atoms with Crippen molar-refractivity contribution in [2.75, 3.05) is 6.61 Å². The highest BCUT2D eigenvalue weighted by atomic mass is 16.6. The first-order chi connectivity index (χ1) is 11.1. The first-order valence-electron chi connectivity index (χ1n) is 6.74. The lowest BCUT2D eigenvalue weighted by Crippen LogP contribution is -2.12. The van der Waals surface area contributed by atoms with E-state index in [9.17, 15) is 19.7 Å². The number of aldehydes is 1. The zero-order valence-electron chi connectivity index (χ0n) is 12.2. The number of benzene rings is 2. The Morgan fingerprint density at radius 3 is 2.61 bits per heavy atom. The van der Waals surface area contributed by atoms with Crippen LogP contribution in [-0.2, 0) is 0 Å². The molecule has 0 saturated carbocycles. The van der Waals surface area contributed by atoms with Gasteiger partial charge >= 0.3 is 5.97 Å². The summed E-state index contributed by atoms with van der Waals surface area (Å²) < 4.78 is 10.5. The lowest BCUT2D eigenvalue weighted by atomic mass is 10.2. The summed E-state index contributed by atoms with van der Waals surface area (Å²) in [6.45, 7) is 2.16. The molecule has 0 spiro atoms. The molecule has 0 fully saturated rings. The Kier molecular flexibility index (Phi) is 5.03. The summed E-state index contributed by atoms with van der Waals surface area (Å²) in [5, 5.41) is 10.7. The monoisotopic (exact) mass is 315 g/mol. The zero-order chi connectivity index (χ0) is 16.8. The molecule has 0 saturated heterocycles. The third-order valence-electron chi connectivity index (χ3n) is 2.94. The van der Waals surface area contributed by atoms with E-state index >= 15 is 0 Å². The minimum Gasteiger partial charge on any atom is -0.493 e. The molecular weight excluding hydrogens is 302 g/mol. The van der Waals surface area contributed by atoms with Gasteiger partial charge in [-0.2, -0.15) is 0 Å². The number of nitro groups is 1. The molecule has 0 heterocycles. The van der Waals surface area contributed by atoms with Crippen molar-refractivity contribution >= 4 is 17.9 Å². The van der Waals surface area contributed by atoms with Crippen LogP contribution >= 0.6 is 0 Å². The van der Waals surface area contributed by atoms with Crippen LogP contribution in [-0.4, -0.2) is 23.8 Å². The van der Waals surface area contributed by atoms with Crippen molar-refractivity contribution < 1.29 is 24.0 Å². The van der Waals surface area contributed by atoms with Crippen LogP contribution in [0.3, 0.4) is 0 Å².